The molecular weight excluding hydrogens is 260 g/mol. The summed E-state index contributed by atoms with van der Waals surface area (Å²) >= 11 is 5.83. The maximum atomic E-state index is 5.83. The standard InChI is InChI=1S/C14H11ClN4/c1-9-16-13(15)19-14(17-9)18-12-8-4-6-10-5-2-3-7-11(10)12/h2-8H,1H3,(H,16,17,18,19). The van der Waals surface area contributed by atoms with Gasteiger partial charge >= 0.3 is 0 Å². The first kappa shape index (κ1) is 11.9. The van der Waals surface area contributed by atoms with Crippen LogP contribution >= 0.6 is 11.6 Å². The van der Waals surface area contributed by atoms with Crippen molar-refractivity contribution < 1.29 is 0 Å². The second-order valence-electron chi connectivity index (χ2n) is 4.13. The molecule has 3 rings (SSSR count). The van der Waals surface area contributed by atoms with E-state index in [9.17, 15) is 0 Å². The van der Waals surface area contributed by atoms with Crippen molar-refractivity contribution in [3.8, 4) is 0 Å². The lowest BCUT2D eigenvalue weighted by atomic mass is 10.1. The molecule has 1 heterocycles. The molecule has 5 heteroatoms. The van der Waals surface area contributed by atoms with Crippen molar-refractivity contribution in [1.29, 1.82) is 0 Å². The number of aryl methyl sites for hydroxylation is 1. The van der Waals surface area contributed by atoms with Gasteiger partial charge in [-0.15, -0.1) is 0 Å². The van der Waals surface area contributed by atoms with Gasteiger partial charge in [0.2, 0.25) is 11.2 Å². The summed E-state index contributed by atoms with van der Waals surface area (Å²) in [5.41, 5.74) is 0.944. The summed E-state index contributed by atoms with van der Waals surface area (Å²) in [6.07, 6.45) is 0. The smallest absolute Gasteiger partial charge is 0.231 e. The van der Waals surface area contributed by atoms with E-state index in [-0.39, 0.29) is 5.28 Å². The Balaban J connectivity index is 2.05. The Labute approximate surface area is 115 Å². The van der Waals surface area contributed by atoms with Gasteiger partial charge in [0.25, 0.3) is 0 Å². The summed E-state index contributed by atoms with van der Waals surface area (Å²) in [7, 11) is 0. The molecule has 0 atom stereocenters. The van der Waals surface area contributed by atoms with Gasteiger partial charge in [-0.05, 0) is 30.0 Å². The topological polar surface area (TPSA) is 50.7 Å². The third-order valence-corrected chi connectivity index (χ3v) is 2.93. The Kier molecular flexibility index (Phi) is 3.01. The quantitative estimate of drug-likeness (QED) is 0.771. The van der Waals surface area contributed by atoms with Crippen LogP contribution in [0.3, 0.4) is 0 Å². The monoisotopic (exact) mass is 270 g/mol. The molecule has 1 N–H and O–H groups in total. The van der Waals surface area contributed by atoms with Crippen LogP contribution in [0.5, 0.6) is 0 Å². The first-order valence-electron chi connectivity index (χ1n) is 5.85. The van der Waals surface area contributed by atoms with E-state index in [4.69, 9.17) is 11.6 Å². The normalized spacial score (nSPS) is 10.6. The van der Waals surface area contributed by atoms with Gasteiger partial charge < -0.3 is 5.32 Å². The number of hydrogen-bond acceptors (Lipinski definition) is 4. The molecule has 0 radical (unpaired) electrons. The first-order chi connectivity index (χ1) is 9.22. The second kappa shape index (κ2) is 4.82. The van der Waals surface area contributed by atoms with E-state index in [1.807, 2.05) is 30.3 Å². The molecule has 19 heavy (non-hydrogen) atoms. The Morgan fingerprint density at radius 3 is 2.58 bits per heavy atom. The van der Waals surface area contributed by atoms with Crippen LogP contribution in [0.1, 0.15) is 5.82 Å². The van der Waals surface area contributed by atoms with E-state index in [2.05, 4.69) is 32.4 Å². The Bertz CT molecular complexity index is 717. The van der Waals surface area contributed by atoms with E-state index in [0.29, 0.717) is 11.8 Å². The predicted molar refractivity (Wildman–Crippen MR) is 76.8 cm³/mol. The first-order valence-corrected chi connectivity index (χ1v) is 6.23. The highest BCUT2D eigenvalue weighted by Gasteiger charge is 2.05. The Hall–Kier alpha value is -2.20. The van der Waals surface area contributed by atoms with Crippen molar-refractivity contribution >= 4 is 34.0 Å². The summed E-state index contributed by atoms with van der Waals surface area (Å²) in [6, 6.07) is 14.1. The van der Waals surface area contributed by atoms with Crippen LogP contribution in [-0.2, 0) is 0 Å². The molecule has 0 saturated heterocycles. The van der Waals surface area contributed by atoms with Crippen LogP contribution in [0, 0.1) is 6.92 Å². The van der Waals surface area contributed by atoms with Crippen molar-refractivity contribution in [1.82, 2.24) is 15.0 Å². The zero-order chi connectivity index (χ0) is 13.2. The molecule has 0 bridgehead atoms. The molecular formula is C14H11ClN4. The molecule has 0 aliphatic rings. The third-order valence-electron chi connectivity index (χ3n) is 2.76. The zero-order valence-corrected chi connectivity index (χ0v) is 11.0. The van der Waals surface area contributed by atoms with Gasteiger partial charge in [0, 0.05) is 11.1 Å². The fraction of sp³-hybridized carbons (Fsp3) is 0.0714. The fourth-order valence-corrected chi connectivity index (χ4v) is 2.16. The van der Waals surface area contributed by atoms with Crippen LogP contribution in [0.15, 0.2) is 42.5 Å². The minimum atomic E-state index is 0.190. The molecule has 0 aliphatic heterocycles. The summed E-state index contributed by atoms with van der Waals surface area (Å²) in [4.78, 5) is 12.2. The van der Waals surface area contributed by atoms with E-state index < -0.39 is 0 Å². The maximum absolute atomic E-state index is 5.83. The summed E-state index contributed by atoms with van der Waals surface area (Å²) in [5, 5.41) is 5.64. The lowest BCUT2D eigenvalue weighted by Crippen LogP contribution is -2.01. The number of benzene rings is 2. The molecule has 0 saturated carbocycles. The van der Waals surface area contributed by atoms with Crippen molar-refractivity contribution in [2.24, 2.45) is 0 Å². The van der Waals surface area contributed by atoms with Gasteiger partial charge in [-0.25, -0.2) is 4.98 Å². The number of nitrogens with one attached hydrogen (secondary N) is 1. The van der Waals surface area contributed by atoms with E-state index in [0.717, 1.165) is 16.5 Å². The highest BCUT2D eigenvalue weighted by molar-refractivity contribution is 6.28. The van der Waals surface area contributed by atoms with E-state index in [1.165, 1.54) is 0 Å². The van der Waals surface area contributed by atoms with Crippen molar-refractivity contribution in [3.63, 3.8) is 0 Å². The number of nitrogens with zero attached hydrogens (tertiary/aromatic N) is 3. The number of halogens is 1. The largest absolute Gasteiger partial charge is 0.323 e. The minimum absolute atomic E-state index is 0.190. The zero-order valence-electron chi connectivity index (χ0n) is 10.3. The number of hydrogen-bond donors (Lipinski definition) is 1. The van der Waals surface area contributed by atoms with Gasteiger partial charge in [0.15, 0.2) is 0 Å². The van der Waals surface area contributed by atoms with Gasteiger partial charge in [-0.1, -0.05) is 36.4 Å². The van der Waals surface area contributed by atoms with Crippen molar-refractivity contribution in [2.45, 2.75) is 6.92 Å². The third kappa shape index (κ3) is 2.48. The molecule has 94 valence electrons. The Morgan fingerprint density at radius 1 is 0.947 bits per heavy atom. The fourth-order valence-electron chi connectivity index (χ4n) is 1.96. The molecule has 0 spiro atoms. The van der Waals surface area contributed by atoms with Crippen LogP contribution < -0.4 is 5.32 Å². The van der Waals surface area contributed by atoms with Crippen LogP contribution in [0.4, 0.5) is 11.6 Å². The van der Waals surface area contributed by atoms with E-state index >= 15 is 0 Å². The minimum Gasteiger partial charge on any atom is -0.323 e. The van der Waals surface area contributed by atoms with Crippen molar-refractivity contribution in [2.75, 3.05) is 5.32 Å². The highest BCUT2D eigenvalue weighted by Crippen LogP contribution is 2.25. The molecule has 0 fully saturated rings. The SMILES string of the molecule is Cc1nc(Cl)nc(Nc2cccc3ccccc23)n1. The highest BCUT2D eigenvalue weighted by atomic mass is 35.5. The number of aromatic nitrogens is 3. The van der Waals surface area contributed by atoms with Crippen LogP contribution in [0.25, 0.3) is 10.8 Å². The molecule has 0 aliphatic carbocycles. The van der Waals surface area contributed by atoms with Gasteiger partial charge in [-0.3, -0.25) is 0 Å². The van der Waals surface area contributed by atoms with Crippen LogP contribution in [0.2, 0.25) is 5.28 Å². The average Bonchev–Trinajstić information content (AvgIpc) is 2.38. The number of rotatable bonds is 2. The summed E-state index contributed by atoms with van der Waals surface area (Å²) < 4.78 is 0. The van der Waals surface area contributed by atoms with E-state index in [1.54, 1.807) is 6.92 Å². The lowest BCUT2D eigenvalue weighted by molar-refractivity contribution is 0.983. The lowest BCUT2D eigenvalue weighted by Gasteiger charge is -2.08. The van der Waals surface area contributed by atoms with Crippen LogP contribution in [-0.4, -0.2) is 15.0 Å². The van der Waals surface area contributed by atoms with Gasteiger partial charge in [-0.2, -0.15) is 9.97 Å². The molecule has 3 aromatic rings. The second-order valence-corrected chi connectivity index (χ2v) is 4.47. The number of fused-ring (bicyclic) bond motifs is 1. The summed E-state index contributed by atoms with van der Waals surface area (Å²) in [6.45, 7) is 1.78. The molecule has 2 aromatic carbocycles. The Morgan fingerprint density at radius 2 is 1.74 bits per heavy atom. The maximum Gasteiger partial charge on any atom is 0.231 e. The van der Waals surface area contributed by atoms with Crippen molar-refractivity contribution in [3.05, 3.63) is 53.6 Å². The molecule has 4 nitrogen and oxygen atoms in total. The average molecular weight is 271 g/mol. The molecule has 0 unspecified atom stereocenters. The molecule has 0 amide bonds. The predicted octanol–water partition coefficient (Wildman–Crippen LogP) is 3.73. The van der Waals surface area contributed by atoms with Gasteiger partial charge in [0.1, 0.15) is 5.82 Å². The molecule has 1 aromatic heterocycles. The van der Waals surface area contributed by atoms with Gasteiger partial charge in [0.05, 0.1) is 0 Å². The summed E-state index contributed by atoms with van der Waals surface area (Å²) in [5.74, 6) is 1.04. The number of anilines is 2.